The minimum Gasteiger partial charge on any atom is -0.406 e. The third-order valence-corrected chi connectivity index (χ3v) is 3.05. The Kier molecular flexibility index (Phi) is 4.13. The van der Waals surface area contributed by atoms with Crippen LogP contribution >= 0.6 is 0 Å². The zero-order valence-electron chi connectivity index (χ0n) is 5.85. The van der Waals surface area contributed by atoms with Gasteiger partial charge in [0.25, 0.3) is 9.20 Å². The predicted octanol–water partition coefficient (Wildman–Crippen LogP) is 0.612. The lowest BCUT2D eigenvalue weighted by Gasteiger charge is -2.11. The van der Waals surface area contributed by atoms with E-state index in [9.17, 15) is 0 Å². The van der Waals surface area contributed by atoms with Crippen LogP contribution in [0, 0.1) is 0 Å². The van der Waals surface area contributed by atoms with Crippen molar-refractivity contribution in [1.29, 1.82) is 0 Å². The number of nitrogens with two attached hydrogens (primary N) is 1. The van der Waals surface area contributed by atoms with E-state index in [0.29, 0.717) is 5.54 Å². The van der Waals surface area contributed by atoms with Gasteiger partial charge in [0.1, 0.15) is 0 Å². The molecule has 0 spiro atoms. The first-order valence-corrected chi connectivity index (χ1v) is 4.86. The van der Waals surface area contributed by atoms with Crippen molar-refractivity contribution in [2.75, 3.05) is 6.61 Å². The fraction of sp³-hybridized carbons (Fsp3) is 1.00. The van der Waals surface area contributed by atoms with Crippen molar-refractivity contribution in [2.24, 2.45) is 5.40 Å². The molecule has 1 unspecified atom stereocenters. The summed E-state index contributed by atoms with van der Waals surface area (Å²) in [6.07, 6.45) is 0. The van der Waals surface area contributed by atoms with Crippen LogP contribution in [0.4, 0.5) is 0 Å². The highest BCUT2D eigenvalue weighted by molar-refractivity contribution is 6.49. The quantitative estimate of drug-likeness (QED) is 0.573. The Labute approximate surface area is 52.8 Å². The second-order valence-corrected chi connectivity index (χ2v) is 4.76. The van der Waals surface area contributed by atoms with E-state index in [2.05, 4.69) is 13.8 Å². The Morgan fingerprint density at radius 3 is 2.25 bits per heavy atom. The lowest BCUT2D eigenvalue weighted by Crippen LogP contribution is -2.32. The zero-order valence-corrected chi connectivity index (χ0v) is 7.00. The Morgan fingerprint density at radius 1 is 1.62 bits per heavy atom. The van der Waals surface area contributed by atoms with Crippen molar-refractivity contribution < 1.29 is 4.43 Å². The summed E-state index contributed by atoms with van der Waals surface area (Å²) in [5, 5.41) is 5.64. The Balaban J connectivity index is 3.17. The van der Waals surface area contributed by atoms with E-state index in [1.165, 1.54) is 0 Å². The predicted molar refractivity (Wildman–Crippen MR) is 38.1 cm³/mol. The second-order valence-electron chi connectivity index (χ2n) is 2.16. The molecular formula is C5H15NOSi. The van der Waals surface area contributed by atoms with E-state index in [4.69, 9.17) is 9.83 Å². The number of hydrogen-bond donors (Lipinski definition) is 1. The minimum atomic E-state index is -1.28. The van der Waals surface area contributed by atoms with Gasteiger partial charge in [0.05, 0.1) is 0 Å². The smallest absolute Gasteiger partial charge is 0.252 e. The van der Waals surface area contributed by atoms with Crippen LogP contribution in [0.2, 0.25) is 5.54 Å². The molecule has 0 radical (unpaired) electrons. The van der Waals surface area contributed by atoms with Crippen molar-refractivity contribution in [2.45, 2.75) is 26.3 Å². The van der Waals surface area contributed by atoms with Gasteiger partial charge in [-0.3, -0.25) is 0 Å². The lowest BCUT2D eigenvalue weighted by molar-refractivity contribution is 0.336. The molecule has 0 bridgehead atoms. The van der Waals surface area contributed by atoms with Crippen LogP contribution < -0.4 is 5.40 Å². The zero-order chi connectivity index (χ0) is 6.57. The molecule has 0 amide bonds. The molecule has 3 heteroatoms. The Hall–Kier alpha value is 0.137. The van der Waals surface area contributed by atoms with Crippen molar-refractivity contribution in [1.82, 2.24) is 0 Å². The molecule has 0 aromatic carbocycles. The second kappa shape index (κ2) is 4.06. The van der Waals surface area contributed by atoms with Gasteiger partial charge in [0.15, 0.2) is 0 Å². The summed E-state index contributed by atoms with van der Waals surface area (Å²) in [6, 6.07) is 0. The molecule has 0 aliphatic rings. The van der Waals surface area contributed by atoms with E-state index in [1.807, 2.05) is 6.92 Å². The van der Waals surface area contributed by atoms with E-state index in [1.54, 1.807) is 0 Å². The topological polar surface area (TPSA) is 35.2 Å². The summed E-state index contributed by atoms with van der Waals surface area (Å²) >= 11 is 0. The van der Waals surface area contributed by atoms with Crippen LogP contribution in [0.15, 0.2) is 0 Å². The van der Waals surface area contributed by atoms with Gasteiger partial charge in [-0.15, -0.1) is 0 Å². The van der Waals surface area contributed by atoms with Gasteiger partial charge in [-0.2, -0.15) is 0 Å². The van der Waals surface area contributed by atoms with Crippen LogP contribution in [-0.2, 0) is 4.43 Å². The van der Waals surface area contributed by atoms with Crippen molar-refractivity contribution >= 4 is 9.20 Å². The van der Waals surface area contributed by atoms with Gasteiger partial charge in [0, 0.05) is 6.61 Å². The molecule has 1 atom stereocenters. The van der Waals surface area contributed by atoms with Crippen LogP contribution in [0.3, 0.4) is 0 Å². The first-order chi connectivity index (χ1) is 3.68. The average Bonchev–Trinajstić information content (AvgIpc) is 1.67. The molecule has 0 saturated carbocycles. The lowest BCUT2D eigenvalue weighted by atomic mass is 10.6. The van der Waals surface area contributed by atoms with Crippen molar-refractivity contribution in [3.63, 3.8) is 0 Å². The molecule has 2 N–H and O–H groups in total. The van der Waals surface area contributed by atoms with Gasteiger partial charge in [-0.25, -0.2) is 0 Å². The van der Waals surface area contributed by atoms with Crippen molar-refractivity contribution in [3.05, 3.63) is 0 Å². The standard InChI is InChI=1S/C5H15NOSi/c1-4-7-8(6)5(2)3/h5,8H,4,6H2,1-3H3. The maximum absolute atomic E-state index is 5.64. The molecule has 0 heterocycles. The van der Waals surface area contributed by atoms with Gasteiger partial charge in [0.2, 0.25) is 0 Å². The first-order valence-electron chi connectivity index (χ1n) is 3.05. The molecule has 8 heavy (non-hydrogen) atoms. The fourth-order valence-corrected chi connectivity index (χ4v) is 1.15. The highest BCUT2D eigenvalue weighted by Crippen LogP contribution is 2.01. The molecule has 0 rings (SSSR count). The summed E-state index contributed by atoms with van der Waals surface area (Å²) in [4.78, 5) is 0. The van der Waals surface area contributed by atoms with Gasteiger partial charge >= 0.3 is 0 Å². The third kappa shape index (κ3) is 3.18. The molecule has 0 aromatic heterocycles. The maximum Gasteiger partial charge on any atom is 0.252 e. The van der Waals surface area contributed by atoms with E-state index >= 15 is 0 Å². The third-order valence-electron chi connectivity index (χ3n) is 1.02. The largest absolute Gasteiger partial charge is 0.406 e. The number of hydrogen-bond acceptors (Lipinski definition) is 2. The highest BCUT2D eigenvalue weighted by Gasteiger charge is 2.08. The summed E-state index contributed by atoms with van der Waals surface area (Å²) < 4.78 is 5.22. The van der Waals surface area contributed by atoms with Gasteiger partial charge < -0.3 is 9.83 Å². The Bertz CT molecular complexity index is 58.4. The first kappa shape index (κ1) is 8.14. The fourth-order valence-electron chi connectivity index (χ4n) is 0.385. The summed E-state index contributed by atoms with van der Waals surface area (Å²) in [7, 11) is -1.28. The maximum atomic E-state index is 5.64. The van der Waals surface area contributed by atoms with Crippen LogP contribution in [0.1, 0.15) is 20.8 Å². The van der Waals surface area contributed by atoms with E-state index in [-0.39, 0.29) is 0 Å². The van der Waals surface area contributed by atoms with Crippen LogP contribution in [0.25, 0.3) is 0 Å². The van der Waals surface area contributed by atoms with Crippen molar-refractivity contribution in [3.8, 4) is 0 Å². The van der Waals surface area contributed by atoms with E-state index < -0.39 is 9.20 Å². The van der Waals surface area contributed by atoms with E-state index in [0.717, 1.165) is 6.61 Å². The Morgan fingerprint density at radius 2 is 2.12 bits per heavy atom. The molecule has 0 aliphatic carbocycles. The average molecular weight is 133 g/mol. The SMILES string of the molecule is CCO[SiH](N)C(C)C. The van der Waals surface area contributed by atoms with Crippen LogP contribution in [0.5, 0.6) is 0 Å². The van der Waals surface area contributed by atoms with Gasteiger partial charge in [-0.05, 0) is 12.5 Å². The molecule has 2 nitrogen and oxygen atoms in total. The molecule has 50 valence electrons. The number of rotatable bonds is 3. The van der Waals surface area contributed by atoms with Crippen LogP contribution in [-0.4, -0.2) is 15.8 Å². The summed E-state index contributed by atoms with van der Waals surface area (Å²) in [5.41, 5.74) is 0.565. The minimum absolute atomic E-state index is 0.565. The highest BCUT2D eigenvalue weighted by atomic mass is 28.3. The molecular weight excluding hydrogens is 118 g/mol. The van der Waals surface area contributed by atoms with Gasteiger partial charge in [-0.1, -0.05) is 13.8 Å². The molecule has 0 aromatic rings. The summed E-state index contributed by atoms with van der Waals surface area (Å²) in [6.45, 7) is 6.96. The normalized spacial score (nSPS) is 14.6. The summed E-state index contributed by atoms with van der Waals surface area (Å²) in [5.74, 6) is 0. The molecule has 0 saturated heterocycles. The monoisotopic (exact) mass is 133 g/mol. The molecule has 0 aliphatic heterocycles. The molecule has 0 fully saturated rings.